The van der Waals surface area contributed by atoms with Crippen molar-refractivity contribution in [3.8, 4) is 0 Å². The molecule has 0 radical (unpaired) electrons. The van der Waals surface area contributed by atoms with Crippen LogP contribution < -0.4 is 0 Å². The second-order valence-electron chi connectivity index (χ2n) is 7.26. The Morgan fingerprint density at radius 3 is 0.577 bits per heavy atom. The van der Waals surface area contributed by atoms with E-state index in [2.05, 4.69) is 26.3 Å². The van der Waals surface area contributed by atoms with Crippen molar-refractivity contribution in [1.29, 1.82) is 0 Å². The van der Waals surface area contributed by atoms with Crippen LogP contribution in [0.4, 0.5) is 0 Å². The van der Waals surface area contributed by atoms with Gasteiger partial charge in [-0.3, -0.25) is 0 Å². The van der Waals surface area contributed by atoms with Crippen molar-refractivity contribution >= 4 is 0 Å². The summed E-state index contributed by atoms with van der Waals surface area (Å²) < 4.78 is 0. The summed E-state index contributed by atoms with van der Waals surface area (Å²) >= 11 is 0. The maximum absolute atomic E-state index is 3.72. The smallest absolute Gasteiger partial charge is 0.0353 e. The topological polar surface area (TPSA) is 0 Å². The Morgan fingerprint density at radius 2 is 0.423 bits per heavy atom. The van der Waals surface area contributed by atoms with Crippen molar-refractivity contribution in [2.24, 2.45) is 0 Å². The van der Waals surface area contributed by atoms with Gasteiger partial charge < -0.3 is 0 Å². The van der Waals surface area contributed by atoms with Crippen LogP contribution in [-0.4, -0.2) is 0 Å². The van der Waals surface area contributed by atoms with Gasteiger partial charge in [0.25, 0.3) is 0 Å². The minimum Gasteiger partial charge on any atom is -0.103 e. The lowest BCUT2D eigenvalue weighted by atomic mass is 10.1. The lowest BCUT2D eigenvalue weighted by Crippen LogP contribution is -1.79. The number of hydrogen-bond acceptors (Lipinski definition) is 0. The minimum absolute atomic E-state index is 1.19. The van der Waals surface area contributed by atoms with E-state index in [1.807, 2.05) is 24.3 Å². The molecule has 26 heavy (non-hydrogen) atoms. The molecule has 0 amide bonds. The number of hydrogen-bond donors (Lipinski definition) is 0. The molecule has 0 unspecified atom stereocenters. The molecule has 0 aliphatic rings. The summed E-state index contributed by atoms with van der Waals surface area (Å²) in [5, 5.41) is 0. The maximum Gasteiger partial charge on any atom is -0.0353 e. The van der Waals surface area contributed by atoms with E-state index >= 15 is 0 Å². The first-order valence-electron chi connectivity index (χ1n) is 11.3. The summed E-state index contributed by atoms with van der Waals surface area (Å²) in [6.45, 7) is 14.9. The zero-order valence-electron chi connectivity index (χ0n) is 17.9. The summed E-state index contributed by atoms with van der Waals surface area (Å²) in [6, 6.07) is 0. The van der Waals surface area contributed by atoms with Crippen LogP contribution in [-0.2, 0) is 0 Å². The van der Waals surface area contributed by atoms with Crippen molar-refractivity contribution in [3.63, 3.8) is 0 Å². The Labute approximate surface area is 166 Å². The zero-order chi connectivity index (χ0) is 19.6. The standard InChI is InChI=1S/2C13H24/c2*1-3-5-7-9-11-13-12-10-8-6-4-2/h2*3-4H,1-2,5-13H2. The van der Waals surface area contributed by atoms with Crippen molar-refractivity contribution in [2.45, 2.75) is 116 Å². The lowest BCUT2D eigenvalue weighted by molar-refractivity contribution is 0.584. The maximum atomic E-state index is 3.72. The van der Waals surface area contributed by atoms with Crippen LogP contribution >= 0.6 is 0 Å². The van der Waals surface area contributed by atoms with Gasteiger partial charge in [0.15, 0.2) is 0 Å². The Balaban J connectivity index is 0. The summed E-state index contributed by atoms with van der Waals surface area (Å²) in [4.78, 5) is 0. The van der Waals surface area contributed by atoms with Crippen LogP contribution in [0.1, 0.15) is 116 Å². The highest BCUT2D eigenvalue weighted by atomic mass is 14.0. The molecule has 0 bridgehead atoms. The van der Waals surface area contributed by atoms with Gasteiger partial charge in [0.1, 0.15) is 0 Å². The van der Waals surface area contributed by atoms with Crippen LogP contribution in [0, 0.1) is 0 Å². The summed E-state index contributed by atoms with van der Waals surface area (Å²) in [5.41, 5.74) is 0. The predicted octanol–water partition coefficient (Wildman–Crippen LogP) is 9.74. The van der Waals surface area contributed by atoms with Gasteiger partial charge in [-0.25, -0.2) is 0 Å². The number of allylic oxidation sites excluding steroid dienone is 4. The molecule has 0 atom stereocenters. The van der Waals surface area contributed by atoms with E-state index in [1.54, 1.807) is 0 Å². The first-order chi connectivity index (χ1) is 12.8. The quantitative estimate of drug-likeness (QED) is 0.150. The van der Waals surface area contributed by atoms with Gasteiger partial charge in [-0.2, -0.15) is 0 Å². The highest BCUT2D eigenvalue weighted by Gasteiger charge is 1.90. The predicted molar refractivity (Wildman–Crippen MR) is 124 cm³/mol. The third kappa shape index (κ3) is 30.8. The third-order valence-corrected chi connectivity index (χ3v) is 4.63. The normalized spacial score (nSPS) is 9.85. The van der Waals surface area contributed by atoms with E-state index in [-0.39, 0.29) is 0 Å². The molecule has 152 valence electrons. The molecule has 0 aromatic rings. The highest BCUT2D eigenvalue weighted by molar-refractivity contribution is 4.67. The van der Waals surface area contributed by atoms with Gasteiger partial charge in [-0.1, -0.05) is 88.5 Å². The zero-order valence-corrected chi connectivity index (χ0v) is 17.9. The molecule has 0 heterocycles. The number of rotatable bonds is 20. The van der Waals surface area contributed by atoms with Gasteiger partial charge in [0.2, 0.25) is 0 Å². The highest BCUT2D eigenvalue weighted by Crippen LogP contribution is 2.10. The molecule has 0 saturated heterocycles. The average Bonchev–Trinajstić information content (AvgIpc) is 2.66. The van der Waals surface area contributed by atoms with E-state index in [1.165, 1.54) is 116 Å². The molecule has 0 aromatic heterocycles. The van der Waals surface area contributed by atoms with Crippen LogP contribution in [0.3, 0.4) is 0 Å². The second-order valence-corrected chi connectivity index (χ2v) is 7.26. The Morgan fingerprint density at radius 1 is 0.269 bits per heavy atom. The molecule has 0 heteroatoms. The molecular formula is C26H48. The fourth-order valence-electron chi connectivity index (χ4n) is 2.92. The Kier molecular flexibility index (Phi) is 30.1. The van der Waals surface area contributed by atoms with Crippen molar-refractivity contribution in [1.82, 2.24) is 0 Å². The molecule has 0 fully saturated rings. The molecule has 0 nitrogen and oxygen atoms in total. The van der Waals surface area contributed by atoms with E-state index in [0.717, 1.165) is 0 Å². The molecule has 0 saturated carbocycles. The van der Waals surface area contributed by atoms with E-state index < -0.39 is 0 Å². The fraction of sp³-hybridized carbons (Fsp3) is 0.692. The van der Waals surface area contributed by atoms with Gasteiger partial charge in [0.05, 0.1) is 0 Å². The summed E-state index contributed by atoms with van der Waals surface area (Å²) in [7, 11) is 0. The van der Waals surface area contributed by atoms with Crippen molar-refractivity contribution in [3.05, 3.63) is 50.6 Å². The molecule has 0 aromatic carbocycles. The Bertz CT molecular complexity index is 228. The minimum atomic E-state index is 1.19. The first-order valence-corrected chi connectivity index (χ1v) is 11.3. The summed E-state index contributed by atoms with van der Waals surface area (Å²) in [6.07, 6.45) is 32.1. The van der Waals surface area contributed by atoms with Gasteiger partial charge in [0, 0.05) is 0 Å². The lowest BCUT2D eigenvalue weighted by Gasteiger charge is -1.99. The molecular weight excluding hydrogens is 312 g/mol. The molecule has 0 spiro atoms. The van der Waals surface area contributed by atoms with Gasteiger partial charge in [-0.05, 0) is 51.4 Å². The SMILES string of the molecule is C=CCCCCCCCCCC=C.C=CCCCCCCCCCC=C. The van der Waals surface area contributed by atoms with E-state index in [9.17, 15) is 0 Å². The molecule has 0 aliphatic carbocycles. The van der Waals surface area contributed by atoms with Crippen LogP contribution in [0.2, 0.25) is 0 Å². The fourth-order valence-corrected chi connectivity index (χ4v) is 2.92. The van der Waals surface area contributed by atoms with Crippen molar-refractivity contribution < 1.29 is 0 Å². The molecule has 0 aliphatic heterocycles. The van der Waals surface area contributed by atoms with E-state index in [0.29, 0.717) is 0 Å². The Hall–Kier alpha value is -1.04. The average molecular weight is 361 g/mol. The largest absolute Gasteiger partial charge is 0.103 e. The van der Waals surface area contributed by atoms with Crippen LogP contribution in [0.15, 0.2) is 50.6 Å². The van der Waals surface area contributed by atoms with Gasteiger partial charge in [-0.15, -0.1) is 26.3 Å². The van der Waals surface area contributed by atoms with Crippen LogP contribution in [0.25, 0.3) is 0 Å². The summed E-state index contributed by atoms with van der Waals surface area (Å²) in [5.74, 6) is 0. The first kappa shape index (κ1) is 27.2. The number of unbranched alkanes of at least 4 members (excludes halogenated alkanes) is 16. The van der Waals surface area contributed by atoms with Gasteiger partial charge >= 0.3 is 0 Å². The second kappa shape index (κ2) is 28.8. The monoisotopic (exact) mass is 360 g/mol. The third-order valence-electron chi connectivity index (χ3n) is 4.63. The van der Waals surface area contributed by atoms with Crippen molar-refractivity contribution in [2.75, 3.05) is 0 Å². The van der Waals surface area contributed by atoms with Crippen LogP contribution in [0.5, 0.6) is 0 Å². The van der Waals surface area contributed by atoms with E-state index in [4.69, 9.17) is 0 Å². The molecule has 0 rings (SSSR count). The molecule has 0 N–H and O–H groups in total.